The second-order valence-corrected chi connectivity index (χ2v) is 5.10. The zero-order valence-electron chi connectivity index (χ0n) is 12.9. The Labute approximate surface area is 133 Å². The van der Waals surface area contributed by atoms with E-state index in [1.807, 2.05) is 25.1 Å². The van der Waals surface area contributed by atoms with Gasteiger partial charge in [-0.05, 0) is 50.4 Å². The van der Waals surface area contributed by atoms with Gasteiger partial charge in [-0.15, -0.1) is 0 Å². The summed E-state index contributed by atoms with van der Waals surface area (Å²) in [6, 6.07) is 12.8. The number of anilines is 1. The Morgan fingerprint density at radius 2 is 2.00 bits per heavy atom. The minimum Gasteiger partial charge on any atom is -0.457 e. The number of benzene rings is 2. The summed E-state index contributed by atoms with van der Waals surface area (Å²) in [6.07, 6.45) is 0. The third-order valence-electron chi connectivity index (χ3n) is 3.33. The van der Waals surface area contributed by atoms with Gasteiger partial charge < -0.3 is 19.9 Å². The Morgan fingerprint density at radius 1 is 1.22 bits per heavy atom. The van der Waals surface area contributed by atoms with Crippen molar-refractivity contribution in [3.8, 4) is 11.5 Å². The van der Waals surface area contributed by atoms with E-state index in [1.54, 1.807) is 31.3 Å². The maximum absolute atomic E-state index is 11.5. The summed E-state index contributed by atoms with van der Waals surface area (Å²) in [5.74, 6) is 1.27. The smallest absolute Gasteiger partial charge is 0.238 e. The van der Waals surface area contributed by atoms with Crippen molar-refractivity contribution in [1.82, 2.24) is 10.5 Å². The van der Waals surface area contributed by atoms with E-state index >= 15 is 0 Å². The molecule has 2 N–H and O–H groups in total. The first-order valence-corrected chi connectivity index (χ1v) is 7.25. The molecule has 0 aliphatic carbocycles. The SMILES string of the molecule is CNCC(=O)Nc1ccc(Oc2cccc3onc(C)c23)cc1. The number of hydrogen-bond donors (Lipinski definition) is 2. The second-order valence-electron chi connectivity index (χ2n) is 5.10. The van der Waals surface area contributed by atoms with Crippen LogP contribution in [-0.4, -0.2) is 24.7 Å². The lowest BCUT2D eigenvalue weighted by atomic mass is 10.2. The van der Waals surface area contributed by atoms with Crippen LogP contribution in [0, 0.1) is 6.92 Å². The summed E-state index contributed by atoms with van der Waals surface area (Å²) in [5.41, 5.74) is 2.19. The summed E-state index contributed by atoms with van der Waals surface area (Å²) in [4.78, 5) is 11.5. The van der Waals surface area contributed by atoms with Crippen molar-refractivity contribution in [2.75, 3.05) is 18.9 Å². The van der Waals surface area contributed by atoms with Crippen molar-refractivity contribution >= 4 is 22.6 Å². The van der Waals surface area contributed by atoms with Crippen LogP contribution in [0.25, 0.3) is 11.0 Å². The van der Waals surface area contributed by atoms with Gasteiger partial charge in [-0.3, -0.25) is 4.79 Å². The van der Waals surface area contributed by atoms with Gasteiger partial charge in [-0.1, -0.05) is 11.2 Å². The topological polar surface area (TPSA) is 76.4 Å². The summed E-state index contributed by atoms with van der Waals surface area (Å²) in [5, 5.41) is 10.4. The predicted molar refractivity (Wildman–Crippen MR) is 87.8 cm³/mol. The van der Waals surface area contributed by atoms with Crippen LogP contribution >= 0.6 is 0 Å². The first kappa shape index (κ1) is 15.1. The molecule has 2 aromatic carbocycles. The summed E-state index contributed by atoms with van der Waals surface area (Å²) in [7, 11) is 1.73. The molecule has 0 saturated heterocycles. The monoisotopic (exact) mass is 311 g/mol. The Hall–Kier alpha value is -2.86. The fraction of sp³-hybridized carbons (Fsp3) is 0.176. The summed E-state index contributed by atoms with van der Waals surface area (Å²) < 4.78 is 11.1. The van der Waals surface area contributed by atoms with Gasteiger partial charge in [0.15, 0.2) is 5.58 Å². The van der Waals surface area contributed by atoms with Crippen LogP contribution in [0.3, 0.4) is 0 Å². The molecule has 0 atom stereocenters. The Kier molecular flexibility index (Phi) is 4.25. The van der Waals surface area contributed by atoms with Gasteiger partial charge in [-0.2, -0.15) is 0 Å². The van der Waals surface area contributed by atoms with Crippen LogP contribution in [0.5, 0.6) is 11.5 Å². The quantitative estimate of drug-likeness (QED) is 0.757. The highest BCUT2D eigenvalue weighted by Gasteiger charge is 2.11. The number of carbonyl (C=O) groups excluding carboxylic acids is 1. The first-order chi connectivity index (χ1) is 11.2. The molecule has 3 rings (SSSR count). The van der Waals surface area contributed by atoms with Crippen LogP contribution in [0.1, 0.15) is 5.69 Å². The van der Waals surface area contributed by atoms with Crippen molar-refractivity contribution in [3.05, 3.63) is 48.2 Å². The zero-order valence-corrected chi connectivity index (χ0v) is 12.9. The van der Waals surface area contributed by atoms with Crippen molar-refractivity contribution in [1.29, 1.82) is 0 Å². The van der Waals surface area contributed by atoms with Crippen LogP contribution in [0.2, 0.25) is 0 Å². The van der Waals surface area contributed by atoms with Crippen LogP contribution < -0.4 is 15.4 Å². The molecule has 118 valence electrons. The van der Waals surface area contributed by atoms with Crippen LogP contribution in [0.15, 0.2) is 47.0 Å². The minimum absolute atomic E-state index is 0.0916. The molecular weight excluding hydrogens is 294 g/mol. The maximum Gasteiger partial charge on any atom is 0.238 e. The molecule has 3 aromatic rings. The number of hydrogen-bond acceptors (Lipinski definition) is 5. The van der Waals surface area contributed by atoms with Gasteiger partial charge in [0.2, 0.25) is 5.91 Å². The van der Waals surface area contributed by atoms with E-state index < -0.39 is 0 Å². The van der Waals surface area contributed by atoms with E-state index in [2.05, 4.69) is 15.8 Å². The average molecular weight is 311 g/mol. The number of fused-ring (bicyclic) bond motifs is 1. The fourth-order valence-corrected chi connectivity index (χ4v) is 2.29. The lowest BCUT2D eigenvalue weighted by Crippen LogP contribution is -2.24. The van der Waals surface area contributed by atoms with Gasteiger partial charge in [0.25, 0.3) is 0 Å². The molecule has 0 spiro atoms. The molecule has 0 bridgehead atoms. The highest BCUT2D eigenvalue weighted by molar-refractivity contribution is 5.92. The number of aromatic nitrogens is 1. The van der Waals surface area contributed by atoms with E-state index in [0.29, 0.717) is 17.1 Å². The van der Waals surface area contributed by atoms with Crippen molar-refractivity contribution in [2.24, 2.45) is 0 Å². The number of ether oxygens (including phenoxy) is 1. The average Bonchev–Trinajstić information content (AvgIpc) is 2.92. The number of nitrogens with zero attached hydrogens (tertiary/aromatic N) is 1. The highest BCUT2D eigenvalue weighted by atomic mass is 16.5. The predicted octanol–water partition coefficient (Wildman–Crippen LogP) is 3.09. The summed E-state index contributed by atoms with van der Waals surface area (Å²) >= 11 is 0. The number of nitrogens with one attached hydrogen (secondary N) is 2. The zero-order chi connectivity index (χ0) is 16.2. The van der Waals surface area contributed by atoms with Gasteiger partial charge in [0, 0.05) is 5.69 Å². The molecule has 0 unspecified atom stereocenters. The molecule has 0 aliphatic rings. The van der Waals surface area contributed by atoms with Gasteiger partial charge in [0.1, 0.15) is 11.5 Å². The summed E-state index contributed by atoms with van der Waals surface area (Å²) in [6.45, 7) is 2.14. The standard InChI is InChI=1S/C17H17N3O3/c1-11-17-14(4-3-5-15(17)23-20-11)22-13-8-6-12(7-9-13)19-16(21)10-18-2/h3-9,18H,10H2,1-2H3,(H,19,21). The molecule has 1 heterocycles. The van der Waals surface area contributed by atoms with E-state index in [4.69, 9.17) is 9.26 Å². The molecule has 0 saturated carbocycles. The number of rotatable bonds is 5. The number of carbonyl (C=O) groups is 1. The Morgan fingerprint density at radius 3 is 2.74 bits per heavy atom. The molecule has 1 amide bonds. The second kappa shape index (κ2) is 6.50. The number of amides is 1. The maximum atomic E-state index is 11.5. The van der Waals surface area contributed by atoms with Gasteiger partial charge in [0.05, 0.1) is 17.6 Å². The molecular formula is C17H17N3O3. The molecule has 0 aliphatic heterocycles. The number of likely N-dealkylation sites (N-methyl/N-ethyl adjacent to an activating group) is 1. The van der Waals surface area contributed by atoms with Crippen LogP contribution in [0.4, 0.5) is 5.69 Å². The molecule has 23 heavy (non-hydrogen) atoms. The first-order valence-electron chi connectivity index (χ1n) is 7.25. The van der Waals surface area contributed by atoms with Crippen LogP contribution in [-0.2, 0) is 4.79 Å². The normalized spacial score (nSPS) is 10.7. The highest BCUT2D eigenvalue weighted by Crippen LogP contribution is 2.32. The molecule has 6 heteroatoms. The Balaban J connectivity index is 1.77. The van der Waals surface area contributed by atoms with Crippen molar-refractivity contribution < 1.29 is 14.1 Å². The minimum atomic E-state index is -0.0916. The van der Waals surface area contributed by atoms with E-state index in [9.17, 15) is 4.79 Å². The number of aryl methyl sites for hydroxylation is 1. The molecule has 0 radical (unpaired) electrons. The van der Waals surface area contributed by atoms with Crippen molar-refractivity contribution in [2.45, 2.75) is 6.92 Å². The van der Waals surface area contributed by atoms with E-state index in [0.717, 1.165) is 16.8 Å². The Bertz CT molecular complexity index is 825. The largest absolute Gasteiger partial charge is 0.457 e. The van der Waals surface area contributed by atoms with E-state index in [-0.39, 0.29) is 12.5 Å². The molecule has 6 nitrogen and oxygen atoms in total. The van der Waals surface area contributed by atoms with Gasteiger partial charge in [-0.25, -0.2) is 0 Å². The van der Waals surface area contributed by atoms with E-state index in [1.165, 1.54) is 0 Å². The third-order valence-corrected chi connectivity index (χ3v) is 3.33. The van der Waals surface area contributed by atoms with Crippen molar-refractivity contribution in [3.63, 3.8) is 0 Å². The fourth-order valence-electron chi connectivity index (χ4n) is 2.29. The molecule has 0 fully saturated rings. The third kappa shape index (κ3) is 3.32. The lowest BCUT2D eigenvalue weighted by Gasteiger charge is -2.08. The lowest BCUT2D eigenvalue weighted by molar-refractivity contribution is -0.115. The van der Waals surface area contributed by atoms with Gasteiger partial charge >= 0.3 is 0 Å². The molecule has 1 aromatic heterocycles.